The summed E-state index contributed by atoms with van der Waals surface area (Å²) in [4.78, 5) is 11.1. The highest BCUT2D eigenvalue weighted by molar-refractivity contribution is 5.87. The third-order valence-electron chi connectivity index (χ3n) is 3.51. The highest BCUT2D eigenvalue weighted by Gasteiger charge is 2.27. The maximum Gasteiger partial charge on any atom is 0.356 e. The van der Waals surface area contributed by atoms with Crippen molar-refractivity contribution in [2.24, 2.45) is 7.05 Å². The summed E-state index contributed by atoms with van der Waals surface area (Å²) >= 11 is 0. The van der Waals surface area contributed by atoms with Crippen LogP contribution in [0.4, 0.5) is 0 Å². The molecule has 1 fully saturated rings. The van der Waals surface area contributed by atoms with Gasteiger partial charge in [-0.25, -0.2) is 4.79 Å². The predicted molar refractivity (Wildman–Crippen MR) is 62.2 cm³/mol. The lowest BCUT2D eigenvalue weighted by molar-refractivity contribution is 0.0646. The molecule has 1 aliphatic rings. The molecule has 5 nitrogen and oxygen atoms in total. The third kappa shape index (κ3) is 2.49. The number of aryl methyl sites for hydroxylation is 1. The van der Waals surface area contributed by atoms with E-state index in [1.54, 1.807) is 18.8 Å². The number of hydrogen-bond donors (Lipinski definition) is 1. The summed E-state index contributed by atoms with van der Waals surface area (Å²) in [5.74, 6) is -0.629. The molecule has 0 radical (unpaired) electrons. The molecule has 1 aromatic heterocycles. The highest BCUT2D eigenvalue weighted by Crippen LogP contribution is 2.35. The summed E-state index contributed by atoms with van der Waals surface area (Å²) in [5, 5.41) is 13.1. The van der Waals surface area contributed by atoms with Crippen LogP contribution in [0.2, 0.25) is 0 Å². The first-order chi connectivity index (χ1) is 8.11. The zero-order valence-electron chi connectivity index (χ0n) is 10.2. The third-order valence-corrected chi connectivity index (χ3v) is 3.51. The van der Waals surface area contributed by atoms with E-state index in [4.69, 9.17) is 9.84 Å². The molecule has 94 valence electrons. The van der Waals surface area contributed by atoms with Crippen molar-refractivity contribution in [3.8, 4) is 0 Å². The van der Waals surface area contributed by atoms with Gasteiger partial charge in [0.1, 0.15) is 0 Å². The Labute approximate surface area is 100 Å². The van der Waals surface area contributed by atoms with E-state index < -0.39 is 5.97 Å². The van der Waals surface area contributed by atoms with Crippen LogP contribution >= 0.6 is 0 Å². The van der Waals surface area contributed by atoms with E-state index in [1.807, 2.05) is 6.20 Å². The number of rotatable bonds is 3. The first kappa shape index (κ1) is 12.1. The van der Waals surface area contributed by atoms with Crippen LogP contribution in [0, 0.1) is 0 Å². The maximum atomic E-state index is 11.1. The number of nitrogens with zero attached hydrogens (tertiary/aromatic N) is 2. The van der Waals surface area contributed by atoms with Gasteiger partial charge in [-0.15, -0.1) is 0 Å². The summed E-state index contributed by atoms with van der Waals surface area (Å²) in [6.07, 6.45) is 6.11. The van der Waals surface area contributed by atoms with E-state index in [0.29, 0.717) is 12.0 Å². The predicted octanol–water partition coefficient (Wildman–Crippen LogP) is 1.79. The molecular formula is C12H18N2O3. The lowest BCUT2D eigenvalue weighted by Crippen LogP contribution is -2.20. The van der Waals surface area contributed by atoms with Gasteiger partial charge in [0, 0.05) is 25.9 Å². The Bertz CT molecular complexity index is 406. The maximum absolute atomic E-state index is 11.1. The van der Waals surface area contributed by atoms with E-state index in [2.05, 4.69) is 5.10 Å². The highest BCUT2D eigenvalue weighted by atomic mass is 16.5. The smallest absolute Gasteiger partial charge is 0.356 e. The Hall–Kier alpha value is -1.36. The van der Waals surface area contributed by atoms with Crippen molar-refractivity contribution in [1.82, 2.24) is 9.78 Å². The molecule has 0 unspecified atom stereocenters. The van der Waals surface area contributed by atoms with E-state index in [1.165, 1.54) is 0 Å². The Balaban J connectivity index is 2.15. The van der Waals surface area contributed by atoms with Crippen LogP contribution in [-0.2, 0) is 11.8 Å². The van der Waals surface area contributed by atoms with Gasteiger partial charge in [0.2, 0.25) is 0 Å². The zero-order valence-corrected chi connectivity index (χ0v) is 10.2. The van der Waals surface area contributed by atoms with Crippen LogP contribution in [0.5, 0.6) is 0 Å². The molecule has 1 aliphatic carbocycles. The number of carboxylic acids is 1. The molecule has 0 saturated heterocycles. The summed E-state index contributed by atoms with van der Waals surface area (Å²) in [7, 11) is 3.49. The van der Waals surface area contributed by atoms with Crippen molar-refractivity contribution >= 4 is 5.97 Å². The number of methoxy groups -OCH3 is 1. The largest absolute Gasteiger partial charge is 0.476 e. The minimum atomic E-state index is -0.936. The molecule has 1 heterocycles. The fraction of sp³-hybridized carbons (Fsp3) is 0.667. The second-order valence-electron chi connectivity index (χ2n) is 4.62. The van der Waals surface area contributed by atoms with Gasteiger partial charge in [0.05, 0.1) is 6.10 Å². The van der Waals surface area contributed by atoms with E-state index in [-0.39, 0.29) is 5.69 Å². The van der Waals surface area contributed by atoms with Crippen molar-refractivity contribution in [2.45, 2.75) is 37.7 Å². The Kier molecular flexibility index (Phi) is 3.47. The average Bonchev–Trinajstić information content (AvgIpc) is 2.72. The normalized spacial score (nSPS) is 24.8. The minimum Gasteiger partial charge on any atom is -0.476 e. The summed E-state index contributed by atoms with van der Waals surface area (Å²) in [6.45, 7) is 0. The lowest BCUT2D eigenvalue weighted by Gasteiger charge is -2.27. The lowest BCUT2D eigenvalue weighted by atomic mass is 9.83. The Morgan fingerprint density at radius 1 is 1.47 bits per heavy atom. The molecule has 0 aliphatic heterocycles. The van der Waals surface area contributed by atoms with Crippen molar-refractivity contribution in [1.29, 1.82) is 0 Å². The molecular weight excluding hydrogens is 220 g/mol. The molecule has 1 saturated carbocycles. The van der Waals surface area contributed by atoms with Gasteiger partial charge in [-0.3, -0.25) is 4.68 Å². The molecule has 1 N–H and O–H groups in total. The van der Waals surface area contributed by atoms with Crippen LogP contribution in [0.25, 0.3) is 0 Å². The van der Waals surface area contributed by atoms with Crippen LogP contribution in [0.1, 0.15) is 47.7 Å². The number of aromatic nitrogens is 2. The Morgan fingerprint density at radius 2 is 2.12 bits per heavy atom. The topological polar surface area (TPSA) is 64.4 Å². The fourth-order valence-corrected chi connectivity index (χ4v) is 2.58. The molecule has 2 rings (SSSR count). The van der Waals surface area contributed by atoms with Gasteiger partial charge in [0.25, 0.3) is 0 Å². The van der Waals surface area contributed by atoms with Crippen LogP contribution < -0.4 is 0 Å². The summed E-state index contributed by atoms with van der Waals surface area (Å²) in [5.41, 5.74) is 1.07. The zero-order chi connectivity index (χ0) is 12.4. The molecule has 0 aromatic carbocycles. The monoisotopic (exact) mass is 238 g/mol. The van der Waals surface area contributed by atoms with Gasteiger partial charge in [-0.05, 0) is 31.6 Å². The van der Waals surface area contributed by atoms with Crippen molar-refractivity contribution in [2.75, 3.05) is 7.11 Å². The number of hydrogen-bond acceptors (Lipinski definition) is 3. The summed E-state index contributed by atoms with van der Waals surface area (Å²) < 4.78 is 6.91. The standard InChI is InChI=1S/C12H18N2O3/c1-14-7-10(11(13-14)12(15)16)8-3-5-9(17-2)6-4-8/h7-9H,3-6H2,1-2H3,(H,15,16). The number of carboxylic acid groups (broad SMARTS) is 1. The van der Waals surface area contributed by atoms with Gasteiger partial charge in [-0.2, -0.15) is 5.10 Å². The second kappa shape index (κ2) is 4.87. The van der Waals surface area contributed by atoms with Crippen LogP contribution in [0.15, 0.2) is 6.20 Å². The minimum absolute atomic E-state index is 0.202. The second-order valence-corrected chi connectivity index (χ2v) is 4.62. The molecule has 1 aromatic rings. The van der Waals surface area contributed by atoms with Crippen LogP contribution in [-0.4, -0.2) is 34.1 Å². The van der Waals surface area contributed by atoms with Gasteiger partial charge >= 0.3 is 5.97 Å². The Morgan fingerprint density at radius 3 is 2.65 bits per heavy atom. The van der Waals surface area contributed by atoms with Gasteiger partial charge < -0.3 is 9.84 Å². The SMILES string of the molecule is COC1CCC(c2cn(C)nc2C(=O)O)CC1. The number of ether oxygens (including phenoxy) is 1. The van der Waals surface area contributed by atoms with Crippen LogP contribution in [0.3, 0.4) is 0 Å². The van der Waals surface area contributed by atoms with Crippen molar-refractivity contribution < 1.29 is 14.6 Å². The fourth-order valence-electron chi connectivity index (χ4n) is 2.58. The number of carbonyl (C=O) groups is 1. The molecule has 0 amide bonds. The molecule has 0 spiro atoms. The molecule has 17 heavy (non-hydrogen) atoms. The quantitative estimate of drug-likeness (QED) is 0.872. The molecule has 5 heteroatoms. The number of aromatic carboxylic acids is 1. The van der Waals surface area contributed by atoms with Crippen molar-refractivity contribution in [3.05, 3.63) is 17.5 Å². The first-order valence-electron chi connectivity index (χ1n) is 5.91. The van der Waals surface area contributed by atoms with Crippen molar-refractivity contribution in [3.63, 3.8) is 0 Å². The van der Waals surface area contributed by atoms with E-state index >= 15 is 0 Å². The molecule has 0 atom stereocenters. The first-order valence-corrected chi connectivity index (χ1v) is 5.91. The van der Waals surface area contributed by atoms with Gasteiger partial charge in [-0.1, -0.05) is 0 Å². The van der Waals surface area contributed by atoms with Gasteiger partial charge in [0.15, 0.2) is 5.69 Å². The average molecular weight is 238 g/mol. The summed E-state index contributed by atoms with van der Waals surface area (Å²) in [6, 6.07) is 0. The van der Waals surface area contributed by atoms with E-state index in [9.17, 15) is 4.79 Å². The molecule has 0 bridgehead atoms. The van der Waals surface area contributed by atoms with E-state index in [0.717, 1.165) is 31.2 Å².